The Morgan fingerprint density at radius 1 is 1.10 bits per heavy atom. The predicted molar refractivity (Wildman–Crippen MR) is 70.4 cm³/mol. The lowest BCUT2D eigenvalue weighted by Crippen LogP contribution is -2.63. The van der Waals surface area contributed by atoms with Crippen LogP contribution in [0.15, 0.2) is 0 Å². The molecule has 0 radical (unpaired) electrons. The van der Waals surface area contributed by atoms with E-state index in [4.69, 9.17) is 26.7 Å². The molecule has 0 amide bonds. The zero-order valence-corrected chi connectivity index (χ0v) is 11.3. The van der Waals surface area contributed by atoms with Crippen molar-refractivity contribution in [2.75, 3.05) is 6.54 Å². The van der Waals surface area contributed by atoms with Gasteiger partial charge in [0.1, 0.15) is 18.3 Å². The first-order valence-corrected chi connectivity index (χ1v) is 7.00. The summed E-state index contributed by atoms with van der Waals surface area (Å²) in [5, 5.41) is 29.4. The molecule has 0 spiro atoms. The van der Waals surface area contributed by atoms with Gasteiger partial charge in [0.2, 0.25) is 0 Å². The van der Waals surface area contributed by atoms with E-state index in [0.717, 1.165) is 0 Å². The molecular weight excluding hydrogens is 266 g/mol. The SMILES string of the molecule is NC[C@H]1O[C@H](OC2CC[C@@H](N)[C@H](O)C2)C(N)[C@@H](O)[C@@H]1O. The molecule has 2 rings (SSSR count). The van der Waals surface area contributed by atoms with Gasteiger partial charge in [-0.3, -0.25) is 0 Å². The molecule has 1 saturated heterocycles. The van der Waals surface area contributed by atoms with Crippen LogP contribution in [0.2, 0.25) is 0 Å². The minimum atomic E-state index is -1.15. The molecule has 0 aromatic carbocycles. The first-order chi connectivity index (χ1) is 9.43. The van der Waals surface area contributed by atoms with Gasteiger partial charge in [0, 0.05) is 19.0 Å². The Morgan fingerprint density at radius 3 is 2.40 bits per heavy atom. The van der Waals surface area contributed by atoms with Crippen LogP contribution in [0.25, 0.3) is 0 Å². The van der Waals surface area contributed by atoms with E-state index in [9.17, 15) is 15.3 Å². The van der Waals surface area contributed by atoms with Gasteiger partial charge >= 0.3 is 0 Å². The molecule has 0 bridgehead atoms. The summed E-state index contributed by atoms with van der Waals surface area (Å²) in [5.74, 6) is 0. The Balaban J connectivity index is 1.94. The Kier molecular flexibility index (Phi) is 5.32. The van der Waals surface area contributed by atoms with E-state index >= 15 is 0 Å². The van der Waals surface area contributed by atoms with Crippen LogP contribution < -0.4 is 17.2 Å². The highest BCUT2D eigenvalue weighted by Crippen LogP contribution is 2.26. The van der Waals surface area contributed by atoms with Crippen LogP contribution in [0.1, 0.15) is 19.3 Å². The monoisotopic (exact) mass is 291 g/mol. The third-order valence-corrected chi connectivity index (χ3v) is 4.13. The summed E-state index contributed by atoms with van der Waals surface area (Å²) in [6.07, 6.45) is -2.95. The van der Waals surface area contributed by atoms with Crippen LogP contribution in [-0.2, 0) is 9.47 Å². The number of aliphatic hydroxyl groups excluding tert-OH is 3. The molecule has 2 unspecified atom stereocenters. The maximum absolute atomic E-state index is 9.88. The van der Waals surface area contributed by atoms with E-state index in [1.807, 2.05) is 0 Å². The second kappa shape index (κ2) is 6.63. The van der Waals surface area contributed by atoms with Crippen molar-refractivity contribution >= 4 is 0 Å². The first-order valence-electron chi connectivity index (χ1n) is 7.00. The number of ether oxygens (including phenoxy) is 2. The fourth-order valence-corrected chi connectivity index (χ4v) is 2.72. The first kappa shape index (κ1) is 16.1. The van der Waals surface area contributed by atoms with Crippen molar-refractivity contribution in [1.29, 1.82) is 0 Å². The van der Waals surface area contributed by atoms with E-state index in [0.29, 0.717) is 19.3 Å². The maximum Gasteiger partial charge on any atom is 0.176 e. The summed E-state index contributed by atoms with van der Waals surface area (Å²) < 4.78 is 11.2. The third-order valence-electron chi connectivity index (χ3n) is 4.13. The topological polar surface area (TPSA) is 157 Å². The molecule has 9 N–H and O–H groups in total. The molecule has 1 heterocycles. The molecule has 8 nitrogen and oxygen atoms in total. The molecule has 2 fully saturated rings. The molecule has 1 saturated carbocycles. The largest absolute Gasteiger partial charge is 0.391 e. The Morgan fingerprint density at radius 2 is 1.80 bits per heavy atom. The lowest BCUT2D eigenvalue weighted by molar-refractivity contribution is -0.274. The van der Waals surface area contributed by atoms with Crippen LogP contribution in [0.3, 0.4) is 0 Å². The smallest absolute Gasteiger partial charge is 0.176 e. The van der Waals surface area contributed by atoms with Gasteiger partial charge in [0.25, 0.3) is 0 Å². The van der Waals surface area contributed by atoms with E-state index in [1.54, 1.807) is 0 Å². The molecular formula is C12H25N3O5. The highest BCUT2D eigenvalue weighted by Gasteiger charge is 2.44. The minimum absolute atomic E-state index is 0.0585. The molecule has 0 aromatic heterocycles. The summed E-state index contributed by atoms with van der Waals surface area (Å²) >= 11 is 0. The Hall–Kier alpha value is -0.320. The van der Waals surface area contributed by atoms with Crippen molar-refractivity contribution in [3.05, 3.63) is 0 Å². The summed E-state index contributed by atoms with van der Waals surface area (Å²) in [6.45, 7) is 0.0585. The van der Waals surface area contributed by atoms with E-state index in [2.05, 4.69) is 0 Å². The van der Waals surface area contributed by atoms with Gasteiger partial charge in [0.15, 0.2) is 6.29 Å². The van der Waals surface area contributed by atoms with Crippen molar-refractivity contribution in [3.63, 3.8) is 0 Å². The van der Waals surface area contributed by atoms with Crippen LogP contribution in [0.4, 0.5) is 0 Å². The highest BCUT2D eigenvalue weighted by atomic mass is 16.7. The van der Waals surface area contributed by atoms with E-state index < -0.39 is 36.7 Å². The summed E-state index contributed by atoms with van der Waals surface area (Å²) in [6, 6.07) is -1.10. The lowest BCUT2D eigenvalue weighted by atomic mass is 9.90. The van der Waals surface area contributed by atoms with Crippen molar-refractivity contribution in [2.24, 2.45) is 17.2 Å². The Labute approximate surface area is 117 Å². The second-order valence-electron chi connectivity index (χ2n) is 5.64. The van der Waals surface area contributed by atoms with E-state index in [1.165, 1.54) is 0 Å². The molecule has 2 aliphatic rings. The second-order valence-corrected chi connectivity index (χ2v) is 5.64. The Bertz CT molecular complexity index is 319. The van der Waals surface area contributed by atoms with E-state index in [-0.39, 0.29) is 18.7 Å². The average molecular weight is 291 g/mol. The summed E-state index contributed by atoms with van der Waals surface area (Å²) in [4.78, 5) is 0. The minimum Gasteiger partial charge on any atom is -0.391 e. The van der Waals surface area contributed by atoms with Crippen LogP contribution >= 0.6 is 0 Å². The average Bonchev–Trinajstić information content (AvgIpc) is 2.43. The number of hydrogen-bond donors (Lipinski definition) is 6. The van der Waals surface area contributed by atoms with Gasteiger partial charge in [-0.25, -0.2) is 0 Å². The van der Waals surface area contributed by atoms with Crippen molar-refractivity contribution < 1.29 is 24.8 Å². The van der Waals surface area contributed by atoms with Gasteiger partial charge in [-0.1, -0.05) is 0 Å². The summed E-state index contributed by atoms with van der Waals surface area (Å²) in [5.41, 5.74) is 17.0. The lowest BCUT2D eigenvalue weighted by Gasteiger charge is -2.43. The van der Waals surface area contributed by atoms with Crippen molar-refractivity contribution in [3.8, 4) is 0 Å². The fourth-order valence-electron chi connectivity index (χ4n) is 2.72. The van der Waals surface area contributed by atoms with Gasteiger partial charge < -0.3 is 42.0 Å². The fraction of sp³-hybridized carbons (Fsp3) is 1.00. The normalized spacial score (nSPS) is 50.1. The molecule has 20 heavy (non-hydrogen) atoms. The highest BCUT2D eigenvalue weighted by molar-refractivity contribution is 4.93. The van der Waals surface area contributed by atoms with Gasteiger partial charge in [0.05, 0.1) is 18.2 Å². The van der Waals surface area contributed by atoms with Crippen LogP contribution in [0.5, 0.6) is 0 Å². The number of hydrogen-bond acceptors (Lipinski definition) is 8. The predicted octanol–water partition coefficient (Wildman–Crippen LogP) is -3.02. The number of nitrogens with two attached hydrogens (primary N) is 3. The maximum atomic E-state index is 9.88. The van der Waals surface area contributed by atoms with Crippen molar-refractivity contribution in [2.45, 2.75) is 68.2 Å². The van der Waals surface area contributed by atoms with Crippen LogP contribution in [0, 0.1) is 0 Å². The van der Waals surface area contributed by atoms with Gasteiger partial charge in [-0.2, -0.15) is 0 Å². The molecule has 118 valence electrons. The number of rotatable bonds is 3. The number of aliphatic hydroxyl groups is 3. The zero-order valence-electron chi connectivity index (χ0n) is 11.3. The molecule has 1 aliphatic carbocycles. The molecule has 0 aromatic rings. The zero-order chi connectivity index (χ0) is 14.9. The van der Waals surface area contributed by atoms with Crippen molar-refractivity contribution in [1.82, 2.24) is 0 Å². The van der Waals surface area contributed by atoms with Gasteiger partial charge in [-0.15, -0.1) is 0 Å². The third kappa shape index (κ3) is 3.29. The molecule has 8 heteroatoms. The summed E-state index contributed by atoms with van der Waals surface area (Å²) in [7, 11) is 0. The quantitative estimate of drug-likeness (QED) is 0.320. The molecule has 1 aliphatic heterocycles. The van der Waals surface area contributed by atoms with Gasteiger partial charge in [-0.05, 0) is 12.8 Å². The standard InChI is InChI=1S/C12H25N3O5/c13-4-8-10(17)11(18)9(15)12(20-8)19-5-1-2-6(14)7(16)3-5/h5-12,16-18H,1-4,13-15H2/t5?,6-,7-,8-,9?,10-,11-,12+/m1/s1. The molecule has 8 atom stereocenters. The van der Waals surface area contributed by atoms with Crippen LogP contribution in [-0.4, -0.2) is 70.8 Å².